The number of likely N-dealkylation sites (N-methyl/N-ethyl adjacent to an activating group) is 2. The van der Waals surface area contributed by atoms with Crippen LogP contribution in [0.2, 0.25) is 0 Å². The molecule has 0 radical (unpaired) electrons. The first kappa shape index (κ1) is 14.0. The van der Waals surface area contributed by atoms with E-state index in [1.807, 2.05) is 0 Å². The molecule has 11 heavy (non-hydrogen) atoms. The molecule has 0 amide bonds. The van der Waals surface area contributed by atoms with Crippen molar-refractivity contribution in [2.24, 2.45) is 0 Å². The Morgan fingerprint density at radius 1 is 0.727 bits per heavy atom. The van der Waals surface area contributed by atoms with Gasteiger partial charge >= 0.3 is 0 Å². The molecule has 0 N–H and O–H groups in total. The van der Waals surface area contributed by atoms with E-state index < -0.39 is 0 Å². The smallest absolute Gasteiger partial charge is 0.207 e. The Hall–Kier alpha value is 0.500. The fraction of sp³-hybridized carbons (Fsp3) is 1.00. The van der Waals surface area contributed by atoms with E-state index in [1.54, 1.807) is 0 Å². The molecule has 0 bridgehead atoms. The maximum Gasteiger partial charge on any atom is 0.207 e. The van der Waals surface area contributed by atoms with Gasteiger partial charge in [-0.1, -0.05) is 0 Å². The zero-order chi connectivity index (χ0) is 7.12. The van der Waals surface area contributed by atoms with Gasteiger partial charge in [0.2, 0.25) is 6.67 Å². The van der Waals surface area contributed by atoms with Crippen LogP contribution in [0.15, 0.2) is 0 Å². The lowest BCUT2D eigenvalue weighted by Crippen LogP contribution is -3.00. The van der Waals surface area contributed by atoms with Crippen LogP contribution >= 0.6 is 0 Å². The van der Waals surface area contributed by atoms with Crippen molar-refractivity contribution in [3.05, 3.63) is 0 Å². The molecule has 0 spiro atoms. The Morgan fingerprint density at radius 3 is 1.09 bits per heavy atom. The molecule has 0 aromatic heterocycles. The molecule has 0 unspecified atom stereocenters. The molecule has 2 nitrogen and oxygen atoms in total. The van der Waals surface area contributed by atoms with Gasteiger partial charge in [0, 0.05) is 0 Å². The third-order valence-corrected chi connectivity index (χ3v) is 2.08. The monoisotopic (exact) mass is 200 g/mol. The fourth-order valence-electron chi connectivity index (χ4n) is 1.72. The van der Waals surface area contributed by atoms with Crippen LogP contribution < -0.4 is 24.8 Å². The van der Waals surface area contributed by atoms with Crippen molar-refractivity contribution in [3.8, 4) is 0 Å². The molecule has 4 heteroatoms. The topological polar surface area (TPSA) is 0 Å². The molecule has 0 saturated carbocycles. The van der Waals surface area contributed by atoms with E-state index >= 15 is 0 Å². The molecule has 1 aliphatic heterocycles. The molecule has 1 saturated heterocycles. The van der Waals surface area contributed by atoms with E-state index in [-0.39, 0.29) is 24.8 Å². The molecular formula is C7H18Cl2N2. The highest BCUT2D eigenvalue weighted by molar-refractivity contribution is 4.37. The Kier molecular flexibility index (Phi) is 5.04. The highest BCUT2D eigenvalue weighted by atomic mass is 35.5. The molecule has 0 atom stereocenters. The molecule has 0 aliphatic carbocycles. The van der Waals surface area contributed by atoms with E-state index in [0.29, 0.717) is 0 Å². The first-order valence-corrected chi connectivity index (χ1v) is 3.55. The van der Waals surface area contributed by atoms with E-state index in [0.717, 1.165) is 0 Å². The van der Waals surface area contributed by atoms with Crippen LogP contribution in [0.1, 0.15) is 0 Å². The van der Waals surface area contributed by atoms with Gasteiger partial charge in [-0.25, -0.2) is 0 Å². The minimum atomic E-state index is 0. The molecule has 1 heterocycles. The van der Waals surface area contributed by atoms with Crippen LogP contribution in [0.5, 0.6) is 0 Å². The normalized spacial score (nSPS) is 25.1. The number of rotatable bonds is 0. The highest BCUT2D eigenvalue weighted by Gasteiger charge is 2.36. The predicted molar refractivity (Wildman–Crippen MR) is 38.8 cm³/mol. The summed E-state index contributed by atoms with van der Waals surface area (Å²) in [6.45, 7) is 3.93. The summed E-state index contributed by atoms with van der Waals surface area (Å²) in [5, 5.41) is 0. The van der Waals surface area contributed by atoms with Gasteiger partial charge in [-0.2, -0.15) is 0 Å². The zero-order valence-electron chi connectivity index (χ0n) is 7.77. The second kappa shape index (κ2) is 3.94. The Labute approximate surface area is 82.2 Å². The molecule has 0 aromatic carbocycles. The summed E-state index contributed by atoms with van der Waals surface area (Å²) in [6.07, 6.45) is 0. The number of halogens is 2. The summed E-state index contributed by atoms with van der Waals surface area (Å²) in [5.74, 6) is 0. The standard InChI is InChI=1S/C7H18N2.2ClH/c1-8(2)5-6-9(3,4)7-8;;/h5-7H2,1-4H3;2*1H/q+2;;/p-2. The third-order valence-electron chi connectivity index (χ3n) is 2.08. The van der Waals surface area contributed by atoms with Crippen molar-refractivity contribution in [1.29, 1.82) is 0 Å². The van der Waals surface area contributed by atoms with Gasteiger partial charge in [0.1, 0.15) is 13.1 Å². The van der Waals surface area contributed by atoms with Crippen molar-refractivity contribution in [1.82, 2.24) is 0 Å². The first-order chi connectivity index (χ1) is 3.91. The van der Waals surface area contributed by atoms with Gasteiger partial charge < -0.3 is 24.8 Å². The van der Waals surface area contributed by atoms with Crippen molar-refractivity contribution >= 4 is 0 Å². The van der Waals surface area contributed by atoms with Gasteiger partial charge in [-0.15, -0.1) is 0 Å². The van der Waals surface area contributed by atoms with Crippen molar-refractivity contribution in [3.63, 3.8) is 0 Å². The van der Waals surface area contributed by atoms with Gasteiger partial charge in [0.15, 0.2) is 0 Å². The lowest BCUT2D eigenvalue weighted by atomic mass is 10.5. The summed E-state index contributed by atoms with van der Waals surface area (Å²) in [4.78, 5) is 0. The number of quaternary nitrogens is 2. The number of hydrogen-bond donors (Lipinski definition) is 0. The van der Waals surface area contributed by atoms with Crippen molar-refractivity contribution < 1.29 is 33.8 Å². The highest BCUT2D eigenvalue weighted by Crippen LogP contribution is 2.13. The Balaban J connectivity index is 0. The van der Waals surface area contributed by atoms with Gasteiger partial charge in [0.05, 0.1) is 28.2 Å². The molecular weight excluding hydrogens is 183 g/mol. The minimum absolute atomic E-state index is 0. The second-order valence-electron chi connectivity index (χ2n) is 4.46. The van der Waals surface area contributed by atoms with Crippen molar-refractivity contribution in [2.75, 3.05) is 47.9 Å². The summed E-state index contributed by atoms with van der Waals surface area (Å²) in [7, 11) is 9.19. The average molecular weight is 201 g/mol. The van der Waals surface area contributed by atoms with Gasteiger partial charge in [-0.3, -0.25) is 8.97 Å². The molecule has 0 aromatic rings. The van der Waals surface area contributed by atoms with Gasteiger partial charge in [-0.05, 0) is 0 Å². The zero-order valence-corrected chi connectivity index (χ0v) is 9.28. The van der Waals surface area contributed by atoms with E-state index in [9.17, 15) is 0 Å². The number of hydrogen-bond acceptors (Lipinski definition) is 0. The maximum absolute atomic E-state index is 2.30. The maximum atomic E-state index is 2.30. The van der Waals surface area contributed by atoms with Crippen LogP contribution in [-0.2, 0) is 0 Å². The fourth-order valence-corrected chi connectivity index (χ4v) is 1.72. The van der Waals surface area contributed by atoms with Crippen molar-refractivity contribution in [2.45, 2.75) is 0 Å². The minimum Gasteiger partial charge on any atom is -1.00 e. The third kappa shape index (κ3) is 4.16. The summed E-state index contributed by atoms with van der Waals surface area (Å²) in [6, 6.07) is 0. The second-order valence-corrected chi connectivity index (χ2v) is 4.46. The van der Waals surface area contributed by atoms with Crippen LogP contribution in [0.3, 0.4) is 0 Å². The Bertz CT molecular complexity index is 110. The Morgan fingerprint density at radius 2 is 1.00 bits per heavy atom. The summed E-state index contributed by atoms with van der Waals surface area (Å²) < 4.78 is 2.38. The van der Waals surface area contributed by atoms with Crippen LogP contribution in [0.25, 0.3) is 0 Å². The molecule has 1 rings (SSSR count). The van der Waals surface area contributed by atoms with Crippen LogP contribution in [0, 0.1) is 0 Å². The molecule has 1 aliphatic rings. The largest absolute Gasteiger partial charge is 1.00 e. The van der Waals surface area contributed by atoms with Gasteiger partial charge in [0.25, 0.3) is 0 Å². The quantitative estimate of drug-likeness (QED) is 0.342. The molecule has 70 valence electrons. The number of nitrogens with zero attached hydrogens (tertiary/aromatic N) is 2. The lowest BCUT2D eigenvalue weighted by molar-refractivity contribution is -1.01. The SMILES string of the molecule is C[N+]1(C)CC[N+](C)(C)C1.[Cl-].[Cl-]. The van der Waals surface area contributed by atoms with E-state index in [4.69, 9.17) is 0 Å². The summed E-state index contributed by atoms with van der Waals surface area (Å²) >= 11 is 0. The van der Waals surface area contributed by atoms with E-state index in [2.05, 4.69) is 28.2 Å². The molecule has 1 fully saturated rings. The van der Waals surface area contributed by atoms with E-state index in [1.165, 1.54) is 28.7 Å². The average Bonchev–Trinajstić information content (AvgIpc) is 1.78. The summed E-state index contributed by atoms with van der Waals surface area (Å²) in [5.41, 5.74) is 0. The lowest BCUT2D eigenvalue weighted by Gasteiger charge is -2.25. The van der Waals surface area contributed by atoms with Crippen LogP contribution in [-0.4, -0.2) is 56.9 Å². The predicted octanol–water partition coefficient (Wildman–Crippen LogP) is -5.88. The van der Waals surface area contributed by atoms with Crippen LogP contribution in [0.4, 0.5) is 0 Å². The first-order valence-electron chi connectivity index (χ1n) is 3.55.